The third-order valence-corrected chi connectivity index (χ3v) is 6.90. The summed E-state index contributed by atoms with van der Waals surface area (Å²) in [6, 6.07) is 15.1. The fourth-order valence-electron chi connectivity index (χ4n) is 4.95. The maximum absolute atomic E-state index is 12.4. The van der Waals surface area contributed by atoms with Gasteiger partial charge in [0, 0.05) is 37.2 Å². The molecule has 0 radical (unpaired) electrons. The minimum Gasteiger partial charge on any atom is -0.453 e. The summed E-state index contributed by atoms with van der Waals surface area (Å²) in [6.45, 7) is 4.50. The second-order valence-corrected chi connectivity index (χ2v) is 9.69. The topological polar surface area (TPSA) is 118 Å². The van der Waals surface area contributed by atoms with Crippen LogP contribution in [0.2, 0.25) is 0 Å². The number of anilines is 1. The molecule has 2 heterocycles. The highest BCUT2D eigenvalue weighted by atomic mass is 16.7. The normalized spacial score (nSPS) is 25.0. The molecule has 200 valence electrons. The Kier molecular flexibility index (Phi) is 9.28. The third kappa shape index (κ3) is 7.15. The van der Waals surface area contributed by atoms with Crippen molar-refractivity contribution in [3.63, 3.8) is 0 Å². The van der Waals surface area contributed by atoms with Crippen molar-refractivity contribution in [2.75, 3.05) is 25.0 Å². The number of amides is 1. The Morgan fingerprint density at radius 2 is 1.92 bits per heavy atom. The molecule has 2 aliphatic heterocycles. The standard InChI is InChI=1S/C28H36N2O7/c1-18(35-19(2)33)27(34)29-23-6-3-5-22(13-23)28-36-25(15-30-12-4-7-24(30)17-32)14-26(37-28)21-10-8-20(16-31)9-11-21/h3,5-6,8-11,13,18,24-26,28,31-32H,4,7,12,14-17H2,1-2H3,(H,29,34)/t18-,24-,25-,26+,28+/m0/s1. The molecule has 9 heteroatoms. The summed E-state index contributed by atoms with van der Waals surface area (Å²) in [5.41, 5.74) is 3.12. The maximum atomic E-state index is 12.4. The molecule has 0 unspecified atom stereocenters. The summed E-state index contributed by atoms with van der Waals surface area (Å²) in [5.74, 6) is -0.951. The van der Waals surface area contributed by atoms with Crippen molar-refractivity contribution in [3.05, 3.63) is 65.2 Å². The molecule has 3 N–H and O–H groups in total. The van der Waals surface area contributed by atoms with Gasteiger partial charge in [0.1, 0.15) is 0 Å². The quantitative estimate of drug-likeness (QED) is 0.439. The number of carbonyl (C=O) groups excluding carboxylic acids is 2. The monoisotopic (exact) mass is 512 g/mol. The van der Waals surface area contributed by atoms with Crippen LogP contribution in [0.15, 0.2) is 48.5 Å². The number of nitrogens with one attached hydrogen (secondary N) is 1. The van der Waals surface area contributed by atoms with E-state index < -0.39 is 24.3 Å². The van der Waals surface area contributed by atoms with Crippen LogP contribution >= 0.6 is 0 Å². The smallest absolute Gasteiger partial charge is 0.303 e. The number of hydrogen-bond acceptors (Lipinski definition) is 8. The average molecular weight is 513 g/mol. The Morgan fingerprint density at radius 3 is 2.62 bits per heavy atom. The van der Waals surface area contributed by atoms with E-state index >= 15 is 0 Å². The number of hydrogen-bond donors (Lipinski definition) is 3. The van der Waals surface area contributed by atoms with Crippen molar-refractivity contribution in [2.45, 2.75) is 70.4 Å². The Morgan fingerprint density at radius 1 is 1.14 bits per heavy atom. The first-order valence-corrected chi connectivity index (χ1v) is 12.8. The largest absolute Gasteiger partial charge is 0.453 e. The van der Waals surface area contributed by atoms with Crippen LogP contribution in [0.25, 0.3) is 0 Å². The number of aliphatic hydroxyl groups excluding tert-OH is 2. The minimum atomic E-state index is -0.918. The van der Waals surface area contributed by atoms with Gasteiger partial charge in [-0.05, 0) is 49.6 Å². The van der Waals surface area contributed by atoms with Crippen molar-refractivity contribution in [3.8, 4) is 0 Å². The molecule has 4 rings (SSSR count). The lowest BCUT2D eigenvalue weighted by Crippen LogP contribution is -2.42. The second-order valence-electron chi connectivity index (χ2n) is 9.69. The van der Waals surface area contributed by atoms with Gasteiger partial charge >= 0.3 is 5.97 Å². The lowest BCUT2D eigenvalue weighted by Gasteiger charge is -2.38. The number of likely N-dealkylation sites (tertiary alicyclic amines) is 1. The molecular weight excluding hydrogens is 476 g/mol. The lowest BCUT2D eigenvalue weighted by atomic mass is 9.99. The van der Waals surface area contributed by atoms with E-state index in [1.807, 2.05) is 36.4 Å². The van der Waals surface area contributed by atoms with E-state index in [0.717, 1.165) is 36.1 Å². The van der Waals surface area contributed by atoms with Gasteiger partial charge in [-0.2, -0.15) is 0 Å². The first kappa shape index (κ1) is 27.2. The first-order chi connectivity index (χ1) is 17.9. The van der Waals surface area contributed by atoms with Crippen molar-refractivity contribution < 1.29 is 34.0 Å². The molecule has 2 aromatic rings. The molecule has 9 nitrogen and oxygen atoms in total. The maximum Gasteiger partial charge on any atom is 0.303 e. The van der Waals surface area contributed by atoms with Crippen LogP contribution in [0.1, 0.15) is 62.2 Å². The zero-order valence-corrected chi connectivity index (χ0v) is 21.3. The number of esters is 1. The van der Waals surface area contributed by atoms with Crippen LogP contribution in [0.3, 0.4) is 0 Å². The van der Waals surface area contributed by atoms with Gasteiger partial charge in [0.05, 0.1) is 25.4 Å². The molecule has 0 spiro atoms. The van der Waals surface area contributed by atoms with E-state index in [1.165, 1.54) is 13.8 Å². The van der Waals surface area contributed by atoms with Gasteiger partial charge in [-0.3, -0.25) is 14.5 Å². The van der Waals surface area contributed by atoms with Crippen LogP contribution in [0, 0.1) is 0 Å². The fraction of sp³-hybridized carbons (Fsp3) is 0.500. The molecule has 2 saturated heterocycles. The fourth-order valence-corrected chi connectivity index (χ4v) is 4.95. The Hall–Kier alpha value is -2.82. The number of nitrogens with zero attached hydrogens (tertiary/aromatic N) is 1. The number of carbonyl (C=O) groups is 2. The molecule has 5 atom stereocenters. The van der Waals surface area contributed by atoms with Gasteiger partial charge in [-0.1, -0.05) is 36.4 Å². The Balaban J connectivity index is 1.53. The summed E-state index contributed by atoms with van der Waals surface area (Å²) in [6.07, 6.45) is 0.739. The molecule has 37 heavy (non-hydrogen) atoms. The first-order valence-electron chi connectivity index (χ1n) is 12.8. The predicted octanol–water partition coefficient (Wildman–Crippen LogP) is 3.07. The van der Waals surface area contributed by atoms with Gasteiger partial charge in [0.15, 0.2) is 12.4 Å². The van der Waals surface area contributed by atoms with Gasteiger partial charge in [-0.15, -0.1) is 0 Å². The third-order valence-electron chi connectivity index (χ3n) is 6.90. The molecule has 0 bridgehead atoms. The molecule has 0 aliphatic carbocycles. The summed E-state index contributed by atoms with van der Waals surface area (Å²) in [4.78, 5) is 25.9. The van der Waals surface area contributed by atoms with Gasteiger partial charge in [0.25, 0.3) is 5.91 Å². The van der Waals surface area contributed by atoms with Gasteiger partial charge in [-0.25, -0.2) is 0 Å². The summed E-state index contributed by atoms with van der Waals surface area (Å²) < 4.78 is 17.8. The van der Waals surface area contributed by atoms with Crippen LogP contribution in [0.4, 0.5) is 5.69 Å². The van der Waals surface area contributed by atoms with Gasteiger partial charge < -0.3 is 29.7 Å². The Bertz CT molecular complexity index is 1060. The molecule has 2 aliphatic rings. The highest BCUT2D eigenvalue weighted by Crippen LogP contribution is 2.39. The summed E-state index contributed by atoms with van der Waals surface area (Å²) in [7, 11) is 0. The van der Waals surface area contributed by atoms with Gasteiger partial charge in [0.2, 0.25) is 0 Å². The minimum absolute atomic E-state index is 0.0216. The predicted molar refractivity (Wildman–Crippen MR) is 136 cm³/mol. The van der Waals surface area contributed by atoms with Crippen molar-refractivity contribution in [1.29, 1.82) is 0 Å². The number of rotatable bonds is 9. The molecule has 1 amide bonds. The van der Waals surface area contributed by atoms with Crippen LogP contribution in [-0.4, -0.2) is 64.9 Å². The number of ether oxygens (including phenoxy) is 3. The van der Waals surface area contributed by atoms with Crippen LogP contribution < -0.4 is 5.32 Å². The highest BCUT2D eigenvalue weighted by molar-refractivity contribution is 5.95. The SMILES string of the molecule is CC(=O)O[C@@H](C)C(=O)Nc1cccc([C@@H]2O[C@H](CN3CCC[C@H]3CO)C[C@H](c3ccc(CO)cc3)O2)c1. The zero-order chi connectivity index (χ0) is 26.4. The Labute approximate surface area is 217 Å². The lowest BCUT2D eigenvalue weighted by molar-refractivity contribution is -0.253. The number of aliphatic hydroxyl groups is 2. The van der Waals surface area contributed by atoms with Crippen molar-refractivity contribution >= 4 is 17.6 Å². The molecular formula is C28H36N2O7. The molecule has 2 aromatic carbocycles. The van der Waals surface area contributed by atoms with Crippen LogP contribution in [0.5, 0.6) is 0 Å². The van der Waals surface area contributed by atoms with E-state index in [4.69, 9.17) is 14.2 Å². The van der Waals surface area contributed by atoms with E-state index in [-0.39, 0.29) is 31.5 Å². The van der Waals surface area contributed by atoms with Crippen molar-refractivity contribution in [2.24, 2.45) is 0 Å². The summed E-state index contributed by atoms with van der Waals surface area (Å²) in [5, 5.41) is 22.0. The van der Waals surface area contributed by atoms with E-state index in [1.54, 1.807) is 12.1 Å². The van der Waals surface area contributed by atoms with E-state index in [2.05, 4.69) is 10.2 Å². The molecule has 0 saturated carbocycles. The highest BCUT2D eigenvalue weighted by Gasteiger charge is 2.35. The summed E-state index contributed by atoms with van der Waals surface area (Å²) >= 11 is 0. The average Bonchev–Trinajstić information content (AvgIpc) is 3.35. The van der Waals surface area contributed by atoms with E-state index in [9.17, 15) is 19.8 Å². The molecule has 2 fully saturated rings. The van der Waals surface area contributed by atoms with Crippen LogP contribution in [-0.2, 0) is 30.4 Å². The zero-order valence-electron chi connectivity index (χ0n) is 21.3. The number of benzene rings is 2. The van der Waals surface area contributed by atoms with E-state index in [0.29, 0.717) is 18.7 Å². The second kappa shape index (κ2) is 12.6. The van der Waals surface area contributed by atoms with Crippen molar-refractivity contribution in [1.82, 2.24) is 4.90 Å². The molecule has 0 aromatic heterocycles.